The van der Waals surface area contributed by atoms with Gasteiger partial charge in [0.05, 0.1) is 19.3 Å². The fraction of sp³-hybridized carbons (Fsp3) is 0.400. The van der Waals surface area contributed by atoms with E-state index >= 15 is 0 Å². The first-order valence-corrected chi connectivity index (χ1v) is 4.79. The first-order valence-electron chi connectivity index (χ1n) is 4.79. The number of alkyl halides is 2. The van der Waals surface area contributed by atoms with Crippen LogP contribution in [0, 0.1) is 0 Å². The second-order valence-electron chi connectivity index (χ2n) is 3.37. The molecule has 5 nitrogen and oxygen atoms in total. The van der Waals surface area contributed by atoms with E-state index in [1.807, 2.05) is 0 Å². The second kappa shape index (κ2) is 5.42. The number of hydrogen-bond acceptors (Lipinski definition) is 5. The molecule has 0 radical (unpaired) electrons. The zero-order valence-corrected chi connectivity index (χ0v) is 9.48. The minimum absolute atomic E-state index is 0.0258. The van der Waals surface area contributed by atoms with E-state index in [-0.39, 0.29) is 17.2 Å². The predicted molar refractivity (Wildman–Crippen MR) is 59.3 cm³/mol. The highest BCUT2D eigenvalue weighted by atomic mass is 19.3. The lowest BCUT2D eigenvalue weighted by atomic mass is 10.3. The zero-order valence-electron chi connectivity index (χ0n) is 9.48. The van der Waals surface area contributed by atoms with Crippen molar-refractivity contribution < 1.29 is 18.3 Å². The van der Waals surface area contributed by atoms with Crippen LogP contribution >= 0.6 is 0 Å². The highest BCUT2D eigenvalue weighted by Gasteiger charge is 2.15. The first-order chi connectivity index (χ1) is 7.95. The van der Waals surface area contributed by atoms with Crippen LogP contribution in [0.15, 0.2) is 12.1 Å². The van der Waals surface area contributed by atoms with Crippen LogP contribution in [0.5, 0.6) is 0 Å². The summed E-state index contributed by atoms with van der Waals surface area (Å²) in [6.45, 7) is -0.512. The molecule has 0 fully saturated rings. The Balaban J connectivity index is 3.01. The average molecular weight is 245 g/mol. The summed E-state index contributed by atoms with van der Waals surface area (Å²) in [5, 5.41) is 0. The van der Waals surface area contributed by atoms with Gasteiger partial charge in [0.15, 0.2) is 11.5 Å². The maximum absolute atomic E-state index is 12.2. The Hall–Kier alpha value is -1.92. The molecule has 7 heteroatoms. The average Bonchev–Trinajstić information content (AvgIpc) is 2.27. The van der Waals surface area contributed by atoms with Gasteiger partial charge in [-0.05, 0) is 12.1 Å². The maximum atomic E-state index is 12.2. The number of carbonyl (C=O) groups is 1. The number of halogens is 2. The molecular weight excluding hydrogens is 232 g/mol. The fourth-order valence-electron chi connectivity index (χ4n) is 1.28. The molecule has 0 spiro atoms. The van der Waals surface area contributed by atoms with Crippen LogP contribution < -0.4 is 10.6 Å². The van der Waals surface area contributed by atoms with Crippen molar-refractivity contribution >= 4 is 17.5 Å². The van der Waals surface area contributed by atoms with Gasteiger partial charge >= 0.3 is 5.97 Å². The number of carbonyl (C=O) groups excluding carboxylic acids is 1. The topological polar surface area (TPSA) is 68.5 Å². The van der Waals surface area contributed by atoms with Gasteiger partial charge in [0.25, 0.3) is 6.43 Å². The molecule has 0 aliphatic rings. The predicted octanol–water partition coefficient (Wildman–Crippen LogP) is 1.15. The molecule has 1 heterocycles. The summed E-state index contributed by atoms with van der Waals surface area (Å²) in [6, 6.07) is 2.80. The van der Waals surface area contributed by atoms with Gasteiger partial charge in [-0.15, -0.1) is 0 Å². The number of rotatable bonds is 4. The van der Waals surface area contributed by atoms with E-state index in [0.29, 0.717) is 0 Å². The molecule has 0 unspecified atom stereocenters. The van der Waals surface area contributed by atoms with Crippen LogP contribution in [0.2, 0.25) is 0 Å². The van der Waals surface area contributed by atoms with E-state index < -0.39 is 18.9 Å². The number of ether oxygens (including phenoxy) is 1. The summed E-state index contributed by atoms with van der Waals surface area (Å²) in [6.07, 6.45) is -2.51. The van der Waals surface area contributed by atoms with Crippen LogP contribution in [-0.4, -0.2) is 38.1 Å². The van der Waals surface area contributed by atoms with E-state index in [2.05, 4.69) is 9.72 Å². The smallest absolute Gasteiger partial charge is 0.356 e. The number of anilines is 2. The normalized spacial score (nSPS) is 10.4. The lowest BCUT2D eigenvalue weighted by Gasteiger charge is -2.19. The van der Waals surface area contributed by atoms with Crippen molar-refractivity contribution in [3.05, 3.63) is 17.8 Å². The zero-order chi connectivity index (χ0) is 13.0. The number of aromatic nitrogens is 1. The van der Waals surface area contributed by atoms with Crippen molar-refractivity contribution in [2.24, 2.45) is 0 Å². The SMILES string of the molecule is COC(=O)c1ccc(N)c(N(C)CC(F)F)n1. The molecule has 0 saturated carbocycles. The van der Waals surface area contributed by atoms with Crippen LogP contribution in [-0.2, 0) is 4.74 Å². The summed E-state index contributed by atoms with van der Waals surface area (Å²) < 4.78 is 28.9. The van der Waals surface area contributed by atoms with Crippen molar-refractivity contribution in [2.75, 3.05) is 31.3 Å². The third-order valence-corrected chi connectivity index (χ3v) is 2.07. The molecule has 0 saturated heterocycles. The number of hydrogen-bond donors (Lipinski definition) is 1. The fourth-order valence-corrected chi connectivity index (χ4v) is 1.28. The molecule has 17 heavy (non-hydrogen) atoms. The van der Waals surface area contributed by atoms with E-state index in [0.717, 1.165) is 0 Å². The Kier molecular flexibility index (Phi) is 4.19. The quantitative estimate of drug-likeness (QED) is 0.806. The standard InChI is InChI=1S/C10H13F2N3O2/c1-15(5-8(11)12)9-6(13)3-4-7(14-9)10(16)17-2/h3-4,8H,5,13H2,1-2H3. The molecular formula is C10H13F2N3O2. The molecule has 2 N–H and O–H groups in total. The summed E-state index contributed by atoms with van der Waals surface area (Å²) in [4.78, 5) is 16.3. The molecule has 0 aliphatic carbocycles. The van der Waals surface area contributed by atoms with Crippen molar-refractivity contribution in [3.8, 4) is 0 Å². The van der Waals surface area contributed by atoms with E-state index in [9.17, 15) is 13.6 Å². The van der Waals surface area contributed by atoms with Crippen LogP contribution in [0.25, 0.3) is 0 Å². The van der Waals surface area contributed by atoms with Crippen molar-refractivity contribution in [2.45, 2.75) is 6.43 Å². The van der Waals surface area contributed by atoms with Crippen LogP contribution in [0.3, 0.4) is 0 Å². The Morgan fingerprint density at radius 3 is 2.76 bits per heavy atom. The first kappa shape index (κ1) is 13.1. The highest BCUT2D eigenvalue weighted by Crippen LogP contribution is 2.20. The van der Waals surface area contributed by atoms with Crippen molar-refractivity contribution in [3.63, 3.8) is 0 Å². The monoisotopic (exact) mass is 245 g/mol. The third-order valence-electron chi connectivity index (χ3n) is 2.07. The molecule has 1 aromatic rings. The lowest BCUT2D eigenvalue weighted by Crippen LogP contribution is -2.26. The molecule has 0 aromatic carbocycles. The molecule has 0 atom stereocenters. The number of nitrogens with two attached hydrogens (primary N) is 1. The minimum atomic E-state index is -2.51. The minimum Gasteiger partial charge on any atom is -0.464 e. The van der Waals surface area contributed by atoms with Gasteiger partial charge < -0.3 is 15.4 Å². The molecule has 94 valence electrons. The Morgan fingerprint density at radius 2 is 2.24 bits per heavy atom. The summed E-state index contributed by atoms with van der Waals surface area (Å²) >= 11 is 0. The van der Waals surface area contributed by atoms with Gasteiger partial charge in [-0.3, -0.25) is 0 Å². The summed E-state index contributed by atoms with van der Waals surface area (Å²) in [5.41, 5.74) is 5.86. The number of nitrogens with zero attached hydrogens (tertiary/aromatic N) is 2. The number of methoxy groups -OCH3 is 1. The van der Waals surface area contributed by atoms with E-state index in [4.69, 9.17) is 5.73 Å². The van der Waals surface area contributed by atoms with E-state index in [1.54, 1.807) is 0 Å². The second-order valence-corrected chi connectivity index (χ2v) is 3.37. The summed E-state index contributed by atoms with van der Waals surface area (Å²) in [7, 11) is 2.63. The van der Waals surface area contributed by atoms with Gasteiger partial charge in [0.1, 0.15) is 0 Å². The molecule has 1 rings (SSSR count). The van der Waals surface area contributed by atoms with Crippen LogP contribution in [0.4, 0.5) is 20.3 Å². The van der Waals surface area contributed by atoms with Crippen LogP contribution in [0.1, 0.15) is 10.5 Å². The Labute approximate surface area is 97.2 Å². The van der Waals surface area contributed by atoms with Gasteiger partial charge in [0.2, 0.25) is 0 Å². The molecule has 0 amide bonds. The molecule has 0 aliphatic heterocycles. The molecule has 1 aromatic heterocycles. The summed E-state index contributed by atoms with van der Waals surface area (Å²) in [5.74, 6) is -0.509. The molecule has 0 bridgehead atoms. The Bertz CT molecular complexity index is 413. The third kappa shape index (κ3) is 3.27. The van der Waals surface area contributed by atoms with Crippen molar-refractivity contribution in [1.29, 1.82) is 0 Å². The van der Waals surface area contributed by atoms with Gasteiger partial charge in [0, 0.05) is 7.05 Å². The van der Waals surface area contributed by atoms with Gasteiger partial charge in [-0.1, -0.05) is 0 Å². The number of nitrogen functional groups attached to an aromatic ring is 1. The van der Waals surface area contributed by atoms with E-state index in [1.165, 1.54) is 31.2 Å². The Morgan fingerprint density at radius 1 is 1.59 bits per heavy atom. The van der Waals surface area contributed by atoms with Gasteiger partial charge in [-0.2, -0.15) is 0 Å². The van der Waals surface area contributed by atoms with Crippen molar-refractivity contribution in [1.82, 2.24) is 4.98 Å². The number of pyridine rings is 1. The maximum Gasteiger partial charge on any atom is 0.356 e. The van der Waals surface area contributed by atoms with Gasteiger partial charge in [-0.25, -0.2) is 18.6 Å². The highest BCUT2D eigenvalue weighted by molar-refractivity contribution is 5.88. The largest absolute Gasteiger partial charge is 0.464 e. The number of esters is 1. The lowest BCUT2D eigenvalue weighted by molar-refractivity contribution is 0.0594.